The molecule has 2 heterocycles. The molecule has 1 saturated heterocycles. The molecule has 2 aromatic carbocycles. The summed E-state index contributed by atoms with van der Waals surface area (Å²) in [4.78, 5) is 25.5. The topological polar surface area (TPSA) is 103 Å². The molecular weight excluding hydrogens is 468 g/mol. The van der Waals surface area contributed by atoms with E-state index in [0.717, 1.165) is 24.3 Å². The number of anilines is 4. The summed E-state index contributed by atoms with van der Waals surface area (Å²) in [5.74, 6) is 0.892. The summed E-state index contributed by atoms with van der Waals surface area (Å²) < 4.78 is 5.48. The summed E-state index contributed by atoms with van der Waals surface area (Å²) in [5.41, 5.74) is 3.16. The van der Waals surface area contributed by atoms with Crippen molar-refractivity contribution >= 4 is 40.6 Å². The minimum atomic E-state index is -0.171. The molecule has 3 N–H and O–H groups in total. The van der Waals surface area contributed by atoms with Crippen LogP contribution in [0.25, 0.3) is 0 Å². The maximum Gasteiger partial charge on any atom is 0.253 e. The van der Waals surface area contributed by atoms with E-state index in [1.807, 2.05) is 36.4 Å². The lowest BCUT2D eigenvalue weighted by molar-refractivity contribution is 0.0767. The number of aliphatic hydroxyl groups is 1. The van der Waals surface area contributed by atoms with Crippen molar-refractivity contribution in [3.8, 4) is 0 Å². The Kier molecular flexibility index (Phi) is 8.36. The summed E-state index contributed by atoms with van der Waals surface area (Å²) in [7, 11) is 1.67. The molecular formula is C25H29ClN6O3. The lowest BCUT2D eigenvalue weighted by Gasteiger charge is -2.30. The van der Waals surface area contributed by atoms with E-state index in [0.29, 0.717) is 47.8 Å². The van der Waals surface area contributed by atoms with Crippen molar-refractivity contribution in [2.45, 2.75) is 6.54 Å². The molecule has 184 valence electrons. The molecule has 1 amide bonds. The minimum Gasteiger partial charge on any atom is -0.395 e. The summed E-state index contributed by atoms with van der Waals surface area (Å²) in [6.45, 7) is 3.47. The van der Waals surface area contributed by atoms with Crippen LogP contribution in [0, 0.1) is 0 Å². The van der Waals surface area contributed by atoms with Crippen molar-refractivity contribution in [1.29, 1.82) is 0 Å². The largest absolute Gasteiger partial charge is 0.395 e. The average Bonchev–Trinajstić information content (AvgIpc) is 2.88. The van der Waals surface area contributed by atoms with Crippen LogP contribution in [-0.2, 0) is 11.3 Å². The molecule has 0 bridgehead atoms. The molecule has 0 saturated carbocycles. The van der Waals surface area contributed by atoms with E-state index in [-0.39, 0.29) is 19.1 Å². The quantitative estimate of drug-likeness (QED) is 0.414. The van der Waals surface area contributed by atoms with Gasteiger partial charge in [0.05, 0.1) is 19.8 Å². The van der Waals surface area contributed by atoms with Gasteiger partial charge in [-0.1, -0.05) is 23.7 Å². The molecule has 35 heavy (non-hydrogen) atoms. The number of rotatable bonds is 9. The molecule has 1 aromatic heterocycles. The highest BCUT2D eigenvalue weighted by Gasteiger charge is 2.18. The normalized spacial score (nSPS) is 13.4. The maximum absolute atomic E-state index is 13.0. The van der Waals surface area contributed by atoms with Gasteiger partial charge in [0.25, 0.3) is 5.91 Å². The van der Waals surface area contributed by atoms with E-state index in [1.165, 1.54) is 4.90 Å². The van der Waals surface area contributed by atoms with E-state index in [1.54, 1.807) is 25.4 Å². The Morgan fingerprint density at radius 3 is 2.80 bits per heavy atom. The van der Waals surface area contributed by atoms with Gasteiger partial charge < -0.3 is 30.3 Å². The number of amides is 1. The summed E-state index contributed by atoms with van der Waals surface area (Å²) in [5, 5.41) is 16.4. The molecule has 0 unspecified atom stereocenters. The number of carbonyl (C=O) groups is 1. The van der Waals surface area contributed by atoms with Crippen LogP contribution < -0.4 is 15.5 Å². The lowest BCUT2D eigenvalue weighted by Crippen LogP contribution is -2.36. The molecule has 0 atom stereocenters. The van der Waals surface area contributed by atoms with Crippen molar-refractivity contribution in [1.82, 2.24) is 14.9 Å². The predicted molar refractivity (Wildman–Crippen MR) is 138 cm³/mol. The zero-order chi connectivity index (χ0) is 24.6. The first-order valence-electron chi connectivity index (χ1n) is 11.4. The standard InChI is InChI=1S/C25H29ClN6O3/c1-31(7-10-33)24(34)19-14-21(16-22(15-19)32-8-11-35-12-9-32)29-25-27-6-5-23(30-25)28-17-18-3-2-4-20(26)13-18/h2-6,13-16,33H,7-12,17H2,1H3,(H2,27,28,29,30). The van der Waals surface area contributed by atoms with Gasteiger partial charge in [-0.2, -0.15) is 4.98 Å². The van der Waals surface area contributed by atoms with Gasteiger partial charge in [0.2, 0.25) is 5.95 Å². The average molecular weight is 497 g/mol. The smallest absolute Gasteiger partial charge is 0.253 e. The van der Waals surface area contributed by atoms with Gasteiger partial charge in [0.15, 0.2) is 0 Å². The molecule has 1 fully saturated rings. The van der Waals surface area contributed by atoms with Crippen LogP contribution in [0.4, 0.5) is 23.1 Å². The van der Waals surface area contributed by atoms with Crippen molar-refractivity contribution in [2.75, 3.05) is 62.0 Å². The van der Waals surface area contributed by atoms with Crippen LogP contribution in [0.5, 0.6) is 0 Å². The fourth-order valence-corrected chi connectivity index (χ4v) is 3.98. The number of carbonyl (C=O) groups excluding carboxylic acids is 1. The molecule has 9 nitrogen and oxygen atoms in total. The van der Waals surface area contributed by atoms with Crippen LogP contribution >= 0.6 is 11.6 Å². The lowest BCUT2D eigenvalue weighted by atomic mass is 10.1. The Labute approximate surface area is 209 Å². The van der Waals surface area contributed by atoms with Crippen molar-refractivity contribution in [3.63, 3.8) is 0 Å². The summed E-state index contributed by atoms with van der Waals surface area (Å²) in [6, 6.07) is 15.0. The zero-order valence-corrected chi connectivity index (χ0v) is 20.3. The van der Waals surface area contributed by atoms with E-state index < -0.39 is 0 Å². The second-order valence-corrected chi connectivity index (χ2v) is 8.63. The van der Waals surface area contributed by atoms with Gasteiger partial charge in [0.1, 0.15) is 5.82 Å². The van der Waals surface area contributed by atoms with Crippen molar-refractivity contribution in [3.05, 3.63) is 70.9 Å². The van der Waals surface area contributed by atoms with Gasteiger partial charge in [-0.05, 0) is 42.0 Å². The number of likely N-dealkylation sites (N-methyl/N-ethyl adjacent to an activating group) is 1. The molecule has 3 aromatic rings. The van der Waals surface area contributed by atoms with E-state index in [9.17, 15) is 9.90 Å². The number of nitrogens with one attached hydrogen (secondary N) is 2. The third-order valence-electron chi connectivity index (χ3n) is 5.60. The number of benzene rings is 2. The molecule has 4 rings (SSSR count). The number of aliphatic hydroxyl groups excluding tert-OH is 1. The van der Waals surface area contributed by atoms with Crippen LogP contribution in [0.3, 0.4) is 0 Å². The number of halogens is 1. The van der Waals surface area contributed by atoms with Gasteiger partial charge in [0, 0.05) is 61.4 Å². The Morgan fingerprint density at radius 2 is 2.03 bits per heavy atom. The number of morpholine rings is 1. The highest BCUT2D eigenvalue weighted by Crippen LogP contribution is 2.26. The number of hydrogen-bond donors (Lipinski definition) is 3. The number of hydrogen-bond acceptors (Lipinski definition) is 8. The first-order valence-corrected chi connectivity index (χ1v) is 11.8. The summed E-state index contributed by atoms with van der Waals surface area (Å²) >= 11 is 6.07. The Balaban J connectivity index is 1.54. The molecule has 0 radical (unpaired) electrons. The van der Waals surface area contributed by atoms with Gasteiger partial charge in [-0.15, -0.1) is 0 Å². The predicted octanol–water partition coefficient (Wildman–Crippen LogP) is 3.39. The number of aromatic nitrogens is 2. The SMILES string of the molecule is CN(CCO)C(=O)c1cc(Nc2nccc(NCc3cccc(Cl)c3)n2)cc(N2CCOCC2)c1. The molecule has 1 aliphatic heterocycles. The van der Waals surface area contributed by atoms with E-state index in [4.69, 9.17) is 16.3 Å². The number of nitrogens with zero attached hydrogens (tertiary/aromatic N) is 4. The zero-order valence-electron chi connectivity index (χ0n) is 19.6. The fraction of sp³-hybridized carbons (Fsp3) is 0.320. The first-order chi connectivity index (χ1) is 17.0. The summed E-state index contributed by atoms with van der Waals surface area (Å²) in [6.07, 6.45) is 1.67. The molecule has 0 spiro atoms. The van der Waals surface area contributed by atoms with Gasteiger partial charge in [-0.3, -0.25) is 4.79 Å². The maximum atomic E-state index is 13.0. The van der Waals surface area contributed by atoms with Crippen LogP contribution in [0.2, 0.25) is 5.02 Å². The minimum absolute atomic E-state index is 0.0979. The Hall–Kier alpha value is -3.40. The van der Waals surface area contributed by atoms with E-state index in [2.05, 4.69) is 25.5 Å². The van der Waals surface area contributed by atoms with Crippen molar-refractivity contribution < 1.29 is 14.6 Å². The van der Waals surface area contributed by atoms with Gasteiger partial charge >= 0.3 is 0 Å². The van der Waals surface area contributed by atoms with Crippen molar-refractivity contribution in [2.24, 2.45) is 0 Å². The third kappa shape index (κ3) is 6.82. The Bertz CT molecular complexity index is 1160. The number of ether oxygens (including phenoxy) is 1. The first kappa shape index (κ1) is 24.7. The monoisotopic (exact) mass is 496 g/mol. The highest BCUT2D eigenvalue weighted by atomic mass is 35.5. The van der Waals surface area contributed by atoms with Crippen LogP contribution in [-0.4, -0.2) is 72.4 Å². The van der Waals surface area contributed by atoms with Gasteiger partial charge in [-0.25, -0.2) is 4.98 Å². The highest BCUT2D eigenvalue weighted by molar-refractivity contribution is 6.30. The molecule has 0 aliphatic carbocycles. The van der Waals surface area contributed by atoms with E-state index >= 15 is 0 Å². The Morgan fingerprint density at radius 1 is 1.20 bits per heavy atom. The molecule has 10 heteroatoms. The van der Waals surface area contributed by atoms with Crippen LogP contribution in [0.15, 0.2) is 54.7 Å². The third-order valence-corrected chi connectivity index (χ3v) is 5.83. The second-order valence-electron chi connectivity index (χ2n) is 8.19. The fourth-order valence-electron chi connectivity index (χ4n) is 3.77. The second kappa shape index (κ2) is 11.8. The molecule has 1 aliphatic rings. The van der Waals surface area contributed by atoms with Crippen LogP contribution in [0.1, 0.15) is 15.9 Å².